The second-order valence-corrected chi connectivity index (χ2v) is 3.72. The molecule has 0 aliphatic carbocycles. The zero-order chi connectivity index (χ0) is 13.5. The maximum atomic E-state index is 11.5. The van der Waals surface area contributed by atoms with Gasteiger partial charge in [0.15, 0.2) is 5.82 Å². The van der Waals surface area contributed by atoms with Crippen LogP contribution >= 0.6 is 0 Å². The molecule has 0 spiro atoms. The molecule has 100 valence electrons. The van der Waals surface area contributed by atoms with E-state index in [9.17, 15) is 9.59 Å². The van der Waals surface area contributed by atoms with Crippen molar-refractivity contribution in [2.75, 3.05) is 18.5 Å². The summed E-state index contributed by atoms with van der Waals surface area (Å²) < 4.78 is 6.35. The van der Waals surface area contributed by atoms with Gasteiger partial charge in [0.05, 0.1) is 6.61 Å². The largest absolute Gasteiger partial charge is 0.460 e. The minimum absolute atomic E-state index is 0.158. The van der Waals surface area contributed by atoms with Gasteiger partial charge in [-0.15, -0.1) is 0 Å². The molecule has 7 nitrogen and oxygen atoms in total. The number of amides is 1. The van der Waals surface area contributed by atoms with Gasteiger partial charge in [-0.2, -0.15) is 0 Å². The molecule has 0 aliphatic heterocycles. The van der Waals surface area contributed by atoms with E-state index in [4.69, 9.17) is 10.5 Å². The van der Waals surface area contributed by atoms with E-state index in [2.05, 4.69) is 10.3 Å². The maximum Gasteiger partial charge on any atom is 0.374 e. The summed E-state index contributed by atoms with van der Waals surface area (Å²) in [5.41, 5.74) is 5.31. The van der Waals surface area contributed by atoms with Crippen LogP contribution in [0.15, 0.2) is 6.20 Å². The second-order valence-electron chi connectivity index (χ2n) is 3.72. The van der Waals surface area contributed by atoms with E-state index in [0.717, 1.165) is 0 Å². The zero-order valence-electron chi connectivity index (χ0n) is 10.6. The molecule has 0 fully saturated rings. The maximum absolute atomic E-state index is 11.5. The van der Waals surface area contributed by atoms with Crippen molar-refractivity contribution in [1.82, 2.24) is 9.55 Å². The molecule has 1 aromatic rings. The molecule has 0 atom stereocenters. The second kappa shape index (κ2) is 6.75. The zero-order valence-corrected chi connectivity index (χ0v) is 10.6. The highest BCUT2D eigenvalue weighted by Crippen LogP contribution is 2.09. The third-order valence-corrected chi connectivity index (χ3v) is 2.21. The van der Waals surface area contributed by atoms with Crippen LogP contribution in [0.4, 0.5) is 5.82 Å². The van der Waals surface area contributed by atoms with Gasteiger partial charge < -0.3 is 20.4 Å². The molecule has 7 heteroatoms. The summed E-state index contributed by atoms with van der Waals surface area (Å²) in [6.45, 7) is 2.46. The van der Waals surface area contributed by atoms with Crippen molar-refractivity contribution in [2.45, 2.75) is 19.8 Å². The predicted molar refractivity (Wildman–Crippen MR) is 66.1 cm³/mol. The number of ether oxygens (including phenoxy) is 1. The van der Waals surface area contributed by atoms with Crippen molar-refractivity contribution < 1.29 is 14.3 Å². The van der Waals surface area contributed by atoms with E-state index in [0.29, 0.717) is 25.2 Å². The number of aryl methyl sites for hydroxylation is 1. The van der Waals surface area contributed by atoms with Gasteiger partial charge in [0.1, 0.15) is 0 Å². The first-order valence-corrected chi connectivity index (χ1v) is 5.78. The molecule has 0 saturated heterocycles. The highest BCUT2D eigenvalue weighted by Gasteiger charge is 2.15. The topological polar surface area (TPSA) is 99.2 Å². The van der Waals surface area contributed by atoms with Crippen LogP contribution in [0.1, 0.15) is 30.4 Å². The lowest BCUT2D eigenvalue weighted by atomic mass is 10.3. The fraction of sp³-hybridized carbons (Fsp3) is 0.545. The monoisotopic (exact) mass is 254 g/mol. The lowest BCUT2D eigenvalue weighted by Crippen LogP contribution is -2.14. The summed E-state index contributed by atoms with van der Waals surface area (Å²) >= 11 is 0. The molecule has 0 aromatic carbocycles. The van der Waals surface area contributed by atoms with Gasteiger partial charge in [0.2, 0.25) is 11.7 Å². The van der Waals surface area contributed by atoms with E-state index in [1.54, 1.807) is 20.2 Å². The summed E-state index contributed by atoms with van der Waals surface area (Å²) in [6, 6.07) is 0. The van der Waals surface area contributed by atoms with Crippen molar-refractivity contribution in [2.24, 2.45) is 12.8 Å². The van der Waals surface area contributed by atoms with Crippen LogP contribution in [-0.4, -0.2) is 34.6 Å². The van der Waals surface area contributed by atoms with Crippen LogP contribution in [0.5, 0.6) is 0 Å². The average Bonchev–Trinajstić information content (AvgIpc) is 2.68. The lowest BCUT2D eigenvalue weighted by molar-refractivity contribution is -0.116. The Hall–Kier alpha value is -1.89. The van der Waals surface area contributed by atoms with Crippen molar-refractivity contribution in [1.29, 1.82) is 0 Å². The molecule has 0 bridgehead atoms. The number of carbonyl (C=O) groups is 2. The molecule has 3 N–H and O–H groups in total. The molecule has 1 heterocycles. The summed E-state index contributed by atoms with van der Waals surface area (Å²) in [4.78, 5) is 27.0. The normalized spacial score (nSPS) is 10.2. The first kappa shape index (κ1) is 14.2. The number of nitrogens with zero attached hydrogens (tertiary/aromatic N) is 2. The third-order valence-electron chi connectivity index (χ3n) is 2.21. The van der Waals surface area contributed by atoms with Gasteiger partial charge in [-0.1, -0.05) is 0 Å². The highest BCUT2D eigenvalue weighted by atomic mass is 16.5. The number of anilines is 1. The van der Waals surface area contributed by atoms with E-state index in [1.165, 1.54) is 4.57 Å². The van der Waals surface area contributed by atoms with Crippen LogP contribution in [0.2, 0.25) is 0 Å². The Morgan fingerprint density at radius 2 is 2.28 bits per heavy atom. The Morgan fingerprint density at radius 3 is 2.89 bits per heavy atom. The van der Waals surface area contributed by atoms with Crippen molar-refractivity contribution in [3.63, 3.8) is 0 Å². The molecule has 1 amide bonds. The fourth-order valence-corrected chi connectivity index (χ4v) is 1.38. The first-order chi connectivity index (χ1) is 8.58. The van der Waals surface area contributed by atoms with Crippen LogP contribution in [0, 0.1) is 0 Å². The number of hydrogen-bond acceptors (Lipinski definition) is 5. The smallest absolute Gasteiger partial charge is 0.374 e. The van der Waals surface area contributed by atoms with Crippen LogP contribution in [-0.2, 0) is 16.6 Å². The van der Waals surface area contributed by atoms with Crippen LogP contribution < -0.4 is 11.1 Å². The number of esters is 1. The van der Waals surface area contributed by atoms with E-state index < -0.39 is 5.97 Å². The minimum atomic E-state index is -0.512. The van der Waals surface area contributed by atoms with Gasteiger partial charge in [-0.25, -0.2) is 9.78 Å². The number of rotatable bonds is 6. The Morgan fingerprint density at radius 1 is 1.56 bits per heavy atom. The van der Waals surface area contributed by atoms with Crippen LogP contribution in [0.3, 0.4) is 0 Å². The number of nitrogens with two attached hydrogens (primary N) is 1. The molecule has 0 radical (unpaired) electrons. The average molecular weight is 254 g/mol. The Balaban J connectivity index is 2.66. The van der Waals surface area contributed by atoms with Crippen molar-refractivity contribution in [3.8, 4) is 0 Å². The Kier molecular flexibility index (Phi) is 5.31. The standard InChI is InChI=1S/C11H18N4O3/c1-3-18-11(17)10-14-8(7-15(10)2)13-9(16)5-4-6-12/h7H,3-6,12H2,1-2H3,(H,13,16). The molecule has 0 aliphatic rings. The number of nitrogens with one attached hydrogen (secondary N) is 1. The van der Waals surface area contributed by atoms with Gasteiger partial charge in [0.25, 0.3) is 0 Å². The van der Waals surface area contributed by atoms with E-state index in [1.807, 2.05) is 0 Å². The number of hydrogen-bond donors (Lipinski definition) is 2. The molecule has 0 saturated carbocycles. The number of imidazole rings is 1. The number of aromatic nitrogens is 2. The molecular formula is C11H18N4O3. The quantitative estimate of drug-likeness (QED) is 0.710. The molecule has 1 aromatic heterocycles. The Bertz CT molecular complexity index is 428. The molecule has 18 heavy (non-hydrogen) atoms. The lowest BCUT2D eigenvalue weighted by Gasteiger charge is -2.00. The van der Waals surface area contributed by atoms with E-state index >= 15 is 0 Å². The first-order valence-electron chi connectivity index (χ1n) is 5.78. The predicted octanol–water partition coefficient (Wildman–Crippen LogP) is 0.274. The molecular weight excluding hydrogens is 236 g/mol. The van der Waals surface area contributed by atoms with Gasteiger partial charge in [0, 0.05) is 19.7 Å². The summed E-state index contributed by atoms with van der Waals surface area (Å²) in [6.07, 6.45) is 2.51. The highest BCUT2D eigenvalue weighted by molar-refractivity contribution is 5.91. The van der Waals surface area contributed by atoms with Gasteiger partial charge >= 0.3 is 5.97 Å². The minimum Gasteiger partial charge on any atom is -0.460 e. The fourth-order valence-electron chi connectivity index (χ4n) is 1.38. The van der Waals surface area contributed by atoms with Crippen LogP contribution in [0.25, 0.3) is 0 Å². The SMILES string of the molecule is CCOC(=O)c1nc(NC(=O)CCCN)cn1C. The third kappa shape index (κ3) is 3.85. The summed E-state index contributed by atoms with van der Waals surface area (Å²) in [5.74, 6) is -0.190. The van der Waals surface area contributed by atoms with Gasteiger partial charge in [-0.3, -0.25) is 4.79 Å². The summed E-state index contributed by atoms with van der Waals surface area (Å²) in [7, 11) is 1.66. The van der Waals surface area contributed by atoms with Crippen molar-refractivity contribution >= 4 is 17.7 Å². The van der Waals surface area contributed by atoms with E-state index in [-0.39, 0.29) is 18.3 Å². The van der Waals surface area contributed by atoms with Crippen molar-refractivity contribution in [3.05, 3.63) is 12.0 Å². The molecule has 0 unspecified atom stereocenters. The Labute approximate surface area is 105 Å². The molecule has 1 rings (SSSR count). The summed E-state index contributed by atoms with van der Waals surface area (Å²) in [5, 5.41) is 2.60. The number of carbonyl (C=O) groups excluding carboxylic acids is 2. The van der Waals surface area contributed by atoms with Gasteiger partial charge in [-0.05, 0) is 19.9 Å².